The number of carbonyl (C=O) groups excluding carboxylic acids is 3. The van der Waals surface area contributed by atoms with Gasteiger partial charge >= 0.3 is 12.1 Å². The molecule has 2 aliphatic heterocycles. The first-order chi connectivity index (χ1) is 15.7. The SMILES string of the molecule is CCC(=S)NCC1CN(c2cc(F)c(N3CCN(C(=O)COC(C)=O)CC3)c(F)c2)C(=O)O1. The Balaban J connectivity index is 1.63. The number of nitrogens with zero attached hydrogens (tertiary/aromatic N) is 3. The molecule has 0 aliphatic carbocycles. The third-order valence-electron chi connectivity index (χ3n) is 5.38. The van der Waals surface area contributed by atoms with E-state index in [0.29, 0.717) is 18.0 Å². The number of esters is 1. The molecule has 0 bridgehead atoms. The average molecular weight is 485 g/mol. The van der Waals surface area contributed by atoms with Crippen molar-refractivity contribution in [3.63, 3.8) is 0 Å². The number of nitrogens with one attached hydrogen (secondary N) is 1. The zero-order valence-electron chi connectivity index (χ0n) is 18.4. The molecule has 180 valence electrons. The van der Waals surface area contributed by atoms with Gasteiger partial charge in [-0.2, -0.15) is 0 Å². The van der Waals surface area contributed by atoms with Crippen LogP contribution in [0.5, 0.6) is 0 Å². The molecule has 1 unspecified atom stereocenters. The summed E-state index contributed by atoms with van der Waals surface area (Å²) in [6.07, 6.45) is -0.521. The van der Waals surface area contributed by atoms with Crippen molar-refractivity contribution < 1.29 is 32.6 Å². The van der Waals surface area contributed by atoms with Crippen LogP contribution in [0.3, 0.4) is 0 Å². The largest absolute Gasteiger partial charge is 0.456 e. The van der Waals surface area contributed by atoms with Gasteiger partial charge in [0.2, 0.25) is 0 Å². The lowest BCUT2D eigenvalue weighted by atomic mass is 10.2. The molecular formula is C21H26F2N4O5S. The van der Waals surface area contributed by atoms with Gasteiger partial charge in [-0.25, -0.2) is 13.6 Å². The van der Waals surface area contributed by atoms with Crippen LogP contribution in [0.25, 0.3) is 0 Å². The van der Waals surface area contributed by atoms with Crippen LogP contribution < -0.4 is 15.1 Å². The van der Waals surface area contributed by atoms with Gasteiger partial charge in [0, 0.05) is 45.2 Å². The molecule has 0 saturated carbocycles. The smallest absolute Gasteiger partial charge is 0.414 e. The summed E-state index contributed by atoms with van der Waals surface area (Å²) in [5, 5.41) is 2.99. The number of carbonyl (C=O) groups is 3. The number of hydrogen-bond acceptors (Lipinski definition) is 7. The lowest BCUT2D eigenvalue weighted by Gasteiger charge is -2.36. The number of cyclic esters (lactones) is 1. The highest BCUT2D eigenvalue weighted by Crippen LogP contribution is 2.31. The molecule has 1 atom stereocenters. The lowest BCUT2D eigenvalue weighted by Crippen LogP contribution is -2.50. The second-order valence-corrected chi connectivity index (χ2v) is 8.17. The van der Waals surface area contributed by atoms with Gasteiger partial charge in [-0.05, 0) is 6.42 Å². The minimum atomic E-state index is -0.814. The van der Waals surface area contributed by atoms with Crippen LogP contribution in [-0.4, -0.2) is 79.8 Å². The number of ether oxygens (including phenoxy) is 2. The maximum atomic E-state index is 14.9. The molecule has 1 N–H and O–H groups in total. The van der Waals surface area contributed by atoms with Crippen molar-refractivity contribution in [3.8, 4) is 0 Å². The number of amides is 2. The van der Waals surface area contributed by atoms with Gasteiger partial charge in [0.05, 0.1) is 23.8 Å². The van der Waals surface area contributed by atoms with Crippen LogP contribution in [0, 0.1) is 11.6 Å². The summed E-state index contributed by atoms with van der Waals surface area (Å²) in [6, 6.07) is 2.20. The number of piperazine rings is 1. The fourth-order valence-corrected chi connectivity index (χ4v) is 3.72. The Morgan fingerprint density at radius 3 is 2.42 bits per heavy atom. The van der Waals surface area contributed by atoms with Gasteiger partial charge in [-0.15, -0.1) is 0 Å². The molecule has 9 nitrogen and oxygen atoms in total. The molecule has 1 aromatic rings. The van der Waals surface area contributed by atoms with E-state index >= 15 is 0 Å². The second-order valence-electron chi connectivity index (χ2n) is 7.68. The Labute approximate surface area is 195 Å². The second kappa shape index (κ2) is 10.7. The van der Waals surface area contributed by atoms with Crippen molar-refractivity contribution in [2.24, 2.45) is 0 Å². The maximum Gasteiger partial charge on any atom is 0.414 e. The molecular weight excluding hydrogens is 458 g/mol. The van der Waals surface area contributed by atoms with E-state index in [1.165, 1.54) is 21.6 Å². The summed E-state index contributed by atoms with van der Waals surface area (Å²) in [5.74, 6) is -2.55. The monoisotopic (exact) mass is 484 g/mol. The quantitative estimate of drug-likeness (QED) is 0.463. The number of halogens is 2. The highest BCUT2D eigenvalue weighted by atomic mass is 32.1. The fraction of sp³-hybridized carbons (Fsp3) is 0.524. The molecule has 12 heteroatoms. The van der Waals surface area contributed by atoms with Crippen molar-refractivity contribution in [2.45, 2.75) is 26.4 Å². The van der Waals surface area contributed by atoms with Crippen LogP contribution in [0.4, 0.5) is 25.0 Å². The fourth-order valence-electron chi connectivity index (χ4n) is 3.64. The minimum Gasteiger partial charge on any atom is -0.456 e. The summed E-state index contributed by atoms with van der Waals surface area (Å²) in [7, 11) is 0. The van der Waals surface area contributed by atoms with Crippen LogP contribution in [0.15, 0.2) is 12.1 Å². The normalized spacial score (nSPS) is 18.2. The Bertz CT molecular complexity index is 916. The van der Waals surface area contributed by atoms with Gasteiger partial charge < -0.3 is 24.6 Å². The standard InChI is InChI=1S/C21H26F2N4O5S/c1-3-18(33)24-10-15-11-27(21(30)32-15)14-8-16(22)20(17(23)9-14)26-6-4-25(5-7-26)19(29)12-31-13(2)28/h8-9,15H,3-7,10-12H2,1-2H3,(H,24,33). The molecule has 3 rings (SSSR count). The average Bonchev–Trinajstić information content (AvgIpc) is 3.16. The third kappa shape index (κ3) is 6.06. The zero-order valence-corrected chi connectivity index (χ0v) is 19.3. The van der Waals surface area contributed by atoms with Gasteiger partial charge in [0.25, 0.3) is 5.91 Å². The molecule has 2 amide bonds. The summed E-state index contributed by atoms with van der Waals surface area (Å²) < 4.78 is 39.8. The van der Waals surface area contributed by atoms with Crippen molar-refractivity contribution in [3.05, 3.63) is 23.8 Å². The summed E-state index contributed by atoms with van der Waals surface area (Å²) in [5.41, 5.74) is -0.153. The predicted molar refractivity (Wildman–Crippen MR) is 120 cm³/mol. The van der Waals surface area contributed by atoms with Crippen LogP contribution in [-0.2, 0) is 19.1 Å². The van der Waals surface area contributed by atoms with Gasteiger partial charge in [-0.1, -0.05) is 19.1 Å². The van der Waals surface area contributed by atoms with E-state index in [0.717, 1.165) is 12.1 Å². The van der Waals surface area contributed by atoms with E-state index in [1.807, 2.05) is 6.92 Å². The first kappa shape index (κ1) is 24.6. The molecule has 0 spiro atoms. The number of benzene rings is 1. The number of thiocarbonyl (C=S) groups is 1. The Hall–Kier alpha value is -3.02. The van der Waals surface area contributed by atoms with Crippen molar-refractivity contribution in [1.29, 1.82) is 0 Å². The van der Waals surface area contributed by atoms with Crippen LogP contribution >= 0.6 is 12.2 Å². The zero-order chi connectivity index (χ0) is 24.1. The Morgan fingerprint density at radius 1 is 1.21 bits per heavy atom. The van der Waals surface area contributed by atoms with Crippen molar-refractivity contribution >= 4 is 46.6 Å². The van der Waals surface area contributed by atoms with E-state index < -0.39 is 29.8 Å². The van der Waals surface area contributed by atoms with E-state index in [4.69, 9.17) is 21.7 Å². The first-order valence-corrected chi connectivity index (χ1v) is 11.0. The molecule has 1 aromatic carbocycles. The molecule has 0 radical (unpaired) electrons. The van der Waals surface area contributed by atoms with Gasteiger partial charge in [-0.3, -0.25) is 14.5 Å². The maximum absolute atomic E-state index is 14.9. The van der Waals surface area contributed by atoms with Crippen LogP contribution in [0.2, 0.25) is 0 Å². The Kier molecular flexibility index (Phi) is 8.01. The summed E-state index contributed by atoms with van der Waals surface area (Å²) in [4.78, 5) is 39.9. The van der Waals surface area contributed by atoms with Gasteiger partial charge in [0.15, 0.2) is 18.2 Å². The topological polar surface area (TPSA) is 91.4 Å². The molecule has 0 aromatic heterocycles. The molecule has 2 heterocycles. The number of hydrogen-bond donors (Lipinski definition) is 1. The highest BCUT2D eigenvalue weighted by Gasteiger charge is 2.34. The lowest BCUT2D eigenvalue weighted by molar-refractivity contribution is -0.150. The molecule has 2 aliphatic rings. The van der Waals surface area contributed by atoms with E-state index in [2.05, 4.69) is 5.32 Å². The first-order valence-electron chi connectivity index (χ1n) is 10.6. The van der Waals surface area contributed by atoms with E-state index in [-0.39, 0.29) is 56.6 Å². The minimum absolute atomic E-state index is 0.0644. The van der Waals surface area contributed by atoms with E-state index in [1.54, 1.807) is 0 Å². The molecule has 33 heavy (non-hydrogen) atoms. The summed E-state index contributed by atoms with van der Waals surface area (Å²) in [6.45, 7) is 4.07. The number of rotatable bonds is 7. The van der Waals surface area contributed by atoms with Gasteiger partial charge in [0.1, 0.15) is 11.8 Å². The van der Waals surface area contributed by atoms with Crippen molar-refractivity contribution in [2.75, 3.05) is 55.7 Å². The Morgan fingerprint density at radius 2 is 1.85 bits per heavy atom. The summed E-state index contributed by atoms with van der Waals surface area (Å²) >= 11 is 5.09. The third-order valence-corrected chi connectivity index (χ3v) is 5.82. The highest BCUT2D eigenvalue weighted by molar-refractivity contribution is 7.80. The van der Waals surface area contributed by atoms with Crippen LogP contribution in [0.1, 0.15) is 20.3 Å². The molecule has 2 saturated heterocycles. The van der Waals surface area contributed by atoms with E-state index in [9.17, 15) is 23.2 Å². The predicted octanol–water partition coefficient (Wildman–Crippen LogP) is 1.83. The molecule has 2 fully saturated rings. The number of anilines is 2. The van der Waals surface area contributed by atoms with Crippen molar-refractivity contribution in [1.82, 2.24) is 10.2 Å².